The largest absolute Gasteiger partial charge is 2.00 e. The predicted molar refractivity (Wildman–Crippen MR) is 101 cm³/mol. The summed E-state index contributed by atoms with van der Waals surface area (Å²) in [5.41, 5.74) is 7.73. The molecule has 0 aliphatic heterocycles. The van der Waals surface area contributed by atoms with Gasteiger partial charge in [-0.1, -0.05) is 65.7 Å². The molecule has 1 aliphatic carbocycles. The summed E-state index contributed by atoms with van der Waals surface area (Å²) in [5.74, 6) is 0. The summed E-state index contributed by atoms with van der Waals surface area (Å²) in [6.07, 6.45) is 3.46. The minimum atomic E-state index is 0. The molecule has 0 saturated heterocycles. The van der Waals surface area contributed by atoms with Crippen molar-refractivity contribution in [2.75, 3.05) is 0 Å². The topological polar surface area (TPSA) is 0 Å². The first-order chi connectivity index (χ1) is 10.5. The number of halogens is 1. The van der Waals surface area contributed by atoms with Crippen LogP contribution in [-0.4, -0.2) is 23.1 Å². The Morgan fingerprint density at radius 1 is 0.958 bits per heavy atom. The van der Waals surface area contributed by atoms with E-state index < -0.39 is 0 Å². The van der Waals surface area contributed by atoms with E-state index in [-0.39, 0.29) is 50.9 Å². The van der Waals surface area contributed by atoms with Gasteiger partial charge in [0, 0.05) is 0 Å². The van der Waals surface area contributed by atoms with Crippen LogP contribution < -0.4 is 17.0 Å². The van der Waals surface area contributed by atoms with Crippen LogP contribution in [0.4, 0.5) is 0 Å². The van der Waals surface area contributed by atoms with Gasteiger partial charge in [0.1, 0.15) is 0 Å². The van der Waals surface area contributed by atoms with Crippen molar-refractivity contribution in [2.24, 2.45) is 0 Å². The summed E-state index contributed by atoms with van der Waals surface area (Å²) in [4.78, 5) is 0. The summed E-state index contributed by atoms with van der Waals surface area (Å²) in [6, 6.07) is 17.0. The number of benzene rings is 2. The zero-order chi connectivity index (χ0) is 16.0. The molecule has 0 fully saturated rings. The Morgan fingerprint density at radius 2 is 1.58 bits per heavy atom. The van der Waals surface area contributed by atoms with Crippen molar-refractivity contribution in [1.29, 1.82) is 0 Å². The maximum Gasteiger partial charge on any atom is 2.00 e. The maximum absolute atomic E-state index is 3.31. The second kappa shape index (κ2) is 7.93. The van der Waals surface area contributed by atoms with Gasteiger partial charge in [-0.15, -0.1) is 11.1 Å². The monoisotopic (exact) mass is 394 g/mol. The first kappa shape index (κ1) is 21.7. The Labute approximate surface area is 174 Å². The SMILES string of the molecule is CCC(C)(C)c1ccc2c(c1)C(CC)(CC)c1c[c-]ccc1-2.[Br-].[Mg+2]. The van der Waals surface area contributed by atoms with Gasteiger partial charge in [-0.25, -0.2) is 0 Å². The molecule has 124 valence electrons. The molecule has 0 N–H and O–H groups in total. The molecule has 0 bridgehead atoms. The van der Waals surface area contributed by atoms with Crippen LogP contribution in [0, 0.1) is 6.07 Å². The van der Waals surface area contributed by atoms with Gasteiger partial charge in [-0.05, 0) is 33.9 Å². The molecule has 0 heterocycles. The summed E-state index contributed by atoms with van der Waals surface area (Å²) < 4.78 is 0. The minimum Gasteiger partial charge on any atom is -1.00 e. The van der Waals surface area contributed by atoms with Crippen LogP contribution in [0.2, 0.25) is 0 Å². The molecule has 3 rings (SSSR count). The van der Waals surface area contributed by atoms with Crippen molar-refractivity contribution in [2.45, 2.75) is 64.7 Å². The van der Waals surface area contributed by atoms with Crippen molar-refractivity contribution < 1.29 is 17.0 Å². The Morgan fingerprint density at radius 3 is 2.17 bits per heavy atom. The van der Waals surface area contributed by atoms with Crippen molar-refractivity contribution in [1.82, 2.24) is 0 Å². The van der Waals surface area contributed by atoms with Crippen molar-refractivity contribution >= 4 is 23.1 Å². The quantitative estimate of drug-likeness (QED) is 0.552. The van der Waals surface area contributed by atoms with Crippen molar-refractivity contribution in [3.8, 4) is 11.1 Å². The number of hydrogen-bond donors (Lipinski definition) is 0. The van der Waals surface area contributed by atoms with Crippen LogP contribution in [0.15, 0.2) is 36.4 Å². The van der Waals surface area contributed by atoms with E-state index in [4.69, 9.17) is 0 Å². The van der Waals surface area contributed by atoms with E-state index in [1.54, 1.807) is 0 Å². The van der Waals surface area contributed by atoms with Crippen molar-refractivity contribution in [3.05, 3.63) is 59.2 Å². The normalized spacial score (nSPS) is 14.2. The zero-order valence-electron chi connectivity index (χ0n) is 15.7. The fourth-order valence-corrected chi connectivity index (χ4v) is 4.02. The van der Waals surface area contributed by atoms with Crippen LogP contribution in [-0.2, 0) is 10.8 Å². The first-order valence-electron chi connectivity index (χ1n) is 8.66. The Kier molecular flexibility index (Phi) is 7.18. The predicted octanol–water partition coefficient (Wildman–Crippen LogP) is 2.88. The Hall–Kier alpha value is -0.314. The van der Waals surface area contributed by atoms with E-state index in [1.165, 1.54) is 27.8 Å². The standard InChI is InChI=1S/C22H27.BrH.Mg/c1-6-21(4,5)16-13-14-18-17-11-9-10-12-19(17)22(7-2,8-3)20(18)15-16;;/h9,11-15H,6-8H2,1-5H3;1H;/q-1;;+2/p-1. The van der Waals surface area contributed by atoms with E-state index in [1.807, 2.05) is 6.07 Å². The minimum absolute atomic E-state index is 0. The van der Waals surface area contributed by atoms with Gasteiger partial charge >= 0.3 is 23.1 Å². The van der Waals surface area contributed by atoms with Gasteiger partial charge in [0.25, 0.3) is 0 Å². The molecule has 24 heavy (non-hydrogen) atoms. The molecule has 0 atom stereocenters. The number of rotatable bonds is 4. The third kappa shape index (κ3) is 3.10. The molecular formula is C22H27BrMg. The maximum atomic E-state index is 3.31. The van der Waals surface area contributed by atoms with E-state index >= 15 is 0 Å². The average molecular weight is 396 g/mol. The van der Waals surface area contributed by atoms with Gasteiger partial charge in [0.15, 0.2) is 0 Å². The van der Waals surface area contributed by atoms with Crippen molar-refractivity contribution in [3.63, 3.8) is 0 Å². The van der Waals surface area contributed by atoms with Gasteiger partial charge < -0.3 is 17.0 Å². The average Bonchev–Trinajstić information content (AvgIpc) is 2.84. The third-order valence-corrected chi connectivity index (χ3v) is 6.08. The van der Waals surface area contributed by atoms with Gasteiger partial charge in [-0.3, -0.25) is 0 Å². The third-order valence-electron chi connectivity index (χ3n) is 6.08. The fraction of sp³-hybridized carbons (Fsp3) is 0.455. The second-order valence-corrected chi connectivity index (χ2v) is 7.26. The molecule has 2 heteroatoms. The number of hydrogen-bond acceptors (Lipinski definition) is 0. The van der Waals surface area contributed by atoms with E-state index in [0.717, 1.165) is 19.3 Å². The molecule has 0 radical (unpaired) electrons. The van der Waals surface area contributed by atoms with Gasteiger partial charge in [0.2, 0.25) is 0 Å². The van der Waals surface area contributed by atoms with Crippen LogP contribution in [0.25, 0.3) is 11.1 Å². The molecule has 0 spiro atoms. The van der Waals surface area contributed by atoms with Gasteiger partial charge in [-0.2, -0.15) is 24.3 Å². The molecule has 0 unspecified atom stereocenters. The summed E-state index contributed by atoms with van der Waals surface area (Å²) >= 11 is 0. The molecule has 1 aliphatic rings. The van der Waals surface area contributed by atoms with Gasteiger partial charge in [0.05, 0.1) is 0 Å². The zero-order valence-corrected chi connectivity index (χ0v) is 18.7. The Balaban J connectivity index is 0.00000144. The molecule has 0 aromatic heterocycles. The van der Waals surface area contributed by atoms with E-state index in [2.05, 4.69) is 71.0 Å². The molecule has 2 aromatic rings. The fourth-order valence-electron chi connectivity index (χ4n) is 4.02. The summed E-state index contributed by atoms with van der Waals surface area (Å²) in [7, 11) is 0. The molecule has 2 aromatic carbocycles. The van der Waals surface area contributed by atoms with Crippen LogP contribution in [0.5, 0.6) is 0 Å². The van der Waals surface area contributed by atoms with Crippen LogP contribution in [0.3, 0.4) is 0 Å². The molecule has 0 amide bonds. The second-order valence-electron chi connectivity index (χ2n) is 7.26. The number of fused-ring (bicyclic) bond motifs is 3. The van der Waals surface area contributed by atoms with E-state index in [9.17, 15) is 0 Å². The Bertz CT molecular complexity index is 699. The molecule has 0 nitrogen and oxygen atoms in total. The molecular weight excluding hydrogens is 368 g/mol. The van der Waals surface area contributed by atoms with Crippen LogP contribution >= 0.6 is 0 Å². The first-order valence-corrected chi connectivity index (χ1v) is 8.66. The van der Waals surface area contributed by atoms with E-state index in [0.29, 0.717) is 0 Å². The smallest absolute Gasteiger partial charge is 1.00 e. The summed E-state index contributed by atoms with van der Waals surface area (Å²) in [6.45, 7) is 11.6. The van der Waals surface area contributed by atoms with Crippen LogP contribution in [0.1, 0.15) is 70.6 Å². The molecule has 0 saturated carbocycles. The summed E-state index contributed by atoms with van der Waals surface area (Å²) in [5, 5.41) is 0.